The predicted molar refractivity (Wildman–Crippen MR) is 189 cm³/mol. The minimum absolute atomic E-state index is 0.00123. The van der Waals surface area contributed by atoms with E-state index in [-0.39, 0.29) is 12.3 Å². The average Bonchev–Trinajstić information content (AvgIpc) is 3.08. The van der Waals surface area contributed by atoms with Crippen molar-refractivity contribution in [3.8, 4) is 0 Å². The first kappa shape index (κ1) is 39.4. The molecule has 0 radical (unpaired) electrons. The van der Waals surface area contributed by atoms with E-state index in [1.807, 2.05) is 6.07 Å². The number of hydrogen-bond donors (Lipinski definition) is 3. The third-order valence-corrected chi connectivity index (χ3v) is 7.65. The van der Waals surface area contributed by atoms with E-state index in [0.29, 0.717) is 31.4 Å². The quantitative estimate of drug-likeness (QED) is 0.0883. The number of carboxylic acids is 1. The van der Waals surface area contributed by atoms with Gasteiger partial charge in [-0.15, -0.1) is 0 Å². The zero-order chi connectivity index (χ0) is 33.8. The number of aliphatic carboxylic acids is 1. The SMILES string of the molecule is CCC=CCC=CCC=CCC=CCC=CCCCC(=O)NCCCCC(NC(=O)c1ccc(CCN2CCOCC2)nc1)C(=O)O. The number of amides is 2. The summed E-state index contributed by atoms with van der Waals surface area (Å²) in [6.07, 6.45) is 32.4. The number of aromatic nitrogens is 1. The summed E-state index contributed by atoms with van der Waals surface area (Å²) < 4.78 is 5.37. The van der Waals surface area contributed by atoms with Crippen molar-refractivity contribution in [3.63, 3.8) is 0 Å². The molecule has 0 bridgehead atoms. The molecule has 3 N–H and O–H groups in total. The molecule has 1 saturated heterocycles. The molecule has 47 heavy (non-hydrogen) atoms. The molecule has 1 aliphatic heterocycles. The molecule has 9 nitrogen and oxygen atoms in total. The molecule has 1 fully saturated rings. The van der Waals surface area contributed by atoms with Gasteiger partial charge in [0.2, 0.25) is 5.91 Å². The maximum absolute atomic E-state index is 12.6. The first-order valence-electron chi connectivity index (χ1n) is 17.3. The fraction of sp³-hybridized carbons (Fsp3) is 0.526. The maximum Gasteiger partial charge on any atom is 0.326 e. The Hall–Kier alpha value is -3.82. The second-order valence-corrected chi connectivity index (χ2v) is 11.6. The predicted octanol–water partition coefficient (Wildman–Crippen LogP) is 6.35. The van der Waals surface area contributed by atoms with E-state index >= 15 is 0 Å². The Morgan fingerprint density at radius 3 is 2.13 bits per heavy atom. The minimum Gasteiger partial charge on any atom is -0.480 e. The van der Waals surface area contributed by atoms with Gasteiger partial charge in [-0.2, -0.15) is 0 Å². The van der Waals surface area contributed by atoms with E-state index in [2.05, 4.69) is 88.2 Å². The molecule has 2 amide bonds. The molecule has 0 saturated carbocycles. The summed E-state index contributed by atoms with van der Waals surface area (Å²) in [6.45, 7) is 6.83. The van der Waals surface area contributed by atoms with Crippen LogP contribution in [0.4, 0.5) is 0 Å². The van der Waals surface area contributed by atoms with Crippen LogP contribution in [0.2, 0.25) is 0 Å². The van der Waals surface area contributed by atoms with Gasteiger partial charge in [-0.05, 0) is 76.3 Å². The number of hydrogen-bond acceptors (Lipinski definition) is 6. The summed E-state index contributed by atoms with van der Waals surface area (Å²) in [4.78, 5) is 43.2. The number of nitrogens with one attached hydrogen (secondary N) is 2. The molecular weight excluding hydrogens is 592 g/mol. The molecule has 2 rings (SSSR count). The van der Waals surface area contributed by atoms with E-state index in [4.69, 9.17) is 4.74 Å². The zero-order valence-corrected chi connectivity index (χ0v) is 28.3. The van der Waals surface area contributed by atoms with Gasteiger partial charge in [-0.25, -0.2) is 4.79 Å². The van der Waals surface area contributed by atoms with Crippen LogP contribution < -0.4 is 10.6 Å². The van der Waals surface area contributed by atoms with Crippen molar-refractivity contribution in [1.29, 1.82) is 0 Å². The van der Waals surface area contributed by atoms with Crippen LogP contribution >= 0.6 is 0 Å². The first-order chi connectivity index (χ1) is 23.0. The van der Waals surface area contributed by atoms with Crippen LogP contribution in [0, 0.1) is 0 Å². The molecule has 2 heterocycles. The Kier molecular flexibility index (Phi) is 22.0. The average molecular weight is 649 g/mol. The number of carboxylic acid groups (broad SMARTS) is 1. The summed E-state index contributed by atoms with van der Waals surface area (Å²) in [5.41, 5.74) is 1.22. The van der Waals surface area contributed by atoms with Crippen LogP contribution in [0.3, 0.4) is 0 Å². The van der Waals surface area contributed by atoms with Gasteiger partial charge in [-0.3, -0.25) is 19.5 Å². The number of nitrogens with zero attached hydrogens (tertiary/aromatic N) is 2. The summed E-state index contributed by atoms with van der Waals surface area (Å²) in [5.74, 6) is -1.53. The van der Waals surface area contributed by atoms with Crippen LogP contribution in [-0.2, 0) is 20.7 Å². The lowest BCUT2D eigenvalue weighted by molar-refractivity contribution is -0.139. The van der Waals surface area contributed by atoms with E-state index < -0.39 is 17.9 Å². The van der Waals surface area contributed by atoms with Crippen LogP contribution in [-0.4, -0.2) is 78.2 Å². The number of ether oxygens (including phenoxy) is 1. The molecule has 0 spiro atoms. The Balaban J connectivity index is 1.50. The topological polar surface area (TPSA) is 121 Å². The number of carbonyl (C=O) groups excluding carboxylic acids is 2. The lowest BCUT2D eigenvalue weighted by Gasteiger charge is -2.26. The molecule has 0 aromatic carbocycles. The second kappa shape index (κ2) is 26.3. The normalized spacial score (nSPS) is 15.0. The number of allylic oxidation sites excluding steroid dienone is 10. The van der Waals surface area contributed by atoms with E-state index in [0.717, 1.165) is 89.9 Å². The highest BCUT2D eigenvalue weighted by Crippen LogP contribution is 2.07. The lowest BCUT2D eigenvalue weighted by Crippen LogP contribution is -2.41. The molecule has 1 unspecified atom stereocenters. The highest BCUT2D eigenvalue weighted by molar-refractivity contribution is 5.96. The fourth-order valence-electron chi connectivity index (χ4n) is 4.84. The van der Waals surface area contributed by atoms with E-state index in [1.54, 1.807) is 6.07 Å². The van der Waals surface area contributed by atoms with Crippen molar-refractivity contribution < 1.29 is 24.2 Å². The van der Waals surface area contributed by atoms with Crippen molar-refractivity contribution in [3.05, 3.63) is 90.3 Å². The van der Waals surface area contributed by atoms with Crippen molar-refractivity contribution in [2.24, 2.45) is 0 Å². The highest BCUT2D eigenvalue weighted by atomic mass is 16.5. The Bertz CT molecular complexity index is 1170. The largest absolute Gasteiger partial charge is 0.480 e. The van der Waals surface area contributed by atoms with Gasteiger partial charge in [-0.1, -0.05) is 67.7 Å². The number of carbonyl (C=O) groups is 3. The summed E-state index contributed by atoms with van der Waals surface area (Å²) >= 11 is 0. The molecule has 1 aromatic rings. The number of morpholine rings is 1. The van der Waals surface area contributed by atoms with Gasteiger partial charge in [0.1, 0.15) is 6.04 Å². The minimum atomic E-state index is -1.08. The lowest BCUT2D eigenvalue weighted by atomic mass is 10.1. The Morgan fingerprint density at radius 2 is 1.53 bits per heavy atom. The molecule has 0 aliphatic carbocycles. The van der Waals surface area contributed by atoms with Gasteiger partial charge in [0.05, 0.1) is 18.8 Å². The maximum atomic E-state index is 12.6. The van der Waals surface area contributed by atoms with Crippen LogP contribution in [0.15, 0.2) is 79.1 Å². The van der Waals surface area contributed by atoms with E-state index in [9.17, 15) is 19.5 Å². The Morgan fingerprint density at radius 1 is 0.894 bits per heavy atom. The van der Waals surface area contributed by atoms with Gasteiger partial charge in [0, 0.05) is 50.9 Å². The molecule has 1 aliphatic rings. The Labute approximate surface area is 281 Å². The van der Waals surface area contributed by atoms with Gasteiger partial charge >= 0.3 is 5.97 Å². The first-order valence-corrected chi connectivity index (χ1v) is 17.3. The van der Waals surface area contributed by atoms with E-state index in [1.165, 1.54) is 6.20 Å². The van der Waals surface area contributed by atoms with Crippen molar-refractivity contribution in [2.75, 3.05) is 39.4 Å². The van der Waals surface area contributed by atoms with Crippen LogP contribution in [0.25, 0.3) is 0 Å². The molecule has 9 heteroatoms. The van der Waals surface area contributed by atoms with Crippen molar-refractivity contribution in [1.82, 2.24) is 20.5 Å². The van der Waals surface area contributed by atoms with Crippen molar-refractivity contribution in [2.45, 2.75) is 90.0 Å². The molecule has 1 aromatic heterocycles. The zero-order valence-electron chi connectivity index (χ0n) is 28.3. The third kappa shape index (κ3) is 20.1. The number of pyridine rings is 1. The smallest absolute Gasteiger partial charge is 0.326 e. The fourth-order valence-corrected chi connectivity index (χ4v) is 4.84. The van der Waals surface area contributed by atoms with Crippen LogP contribution in [0.1, 0.15) is 93.6 Å². The van der Waals surface area contributed by atoms with Gasteiger partial charge < -0.3 is 20.5 Å². The third-order valence-electron chi connectivity index (χ3n) is 7.65. The standard InChI is InChI=1S/C38H56N4O5/c1-2-3-4-5-6-7-8-9-10-11-12-13-14-15-16-17-18-22-36(43)39-26-20-19-21-35(38(45)46)41-37(44)33-23-24-34(40-32-33)25-27-42-28-30-47-31-29-42/h3-4,6-7,9-10,12-13,15-16,23-24,32,35H,2,5,8,11,14,17-22,25-31H2,1H3,(H,39,43)(H,41,44)(H,45,46). The summed E-state index contributed by atoms with van der Waals surface area (Å²) in [6, 6.07) is 2.51. The van der Waals surface area contributed by atoms with Gasteiger partial charge in [0.25, 0.3) is 5.91 Å². The summed E-state index contributed by atoms with van der Waals surface area (Å²) in [7, 11) is 0. The summed E-state index contributed by atoms with van der Waals surface area (Å²) in [5, 5.41) is 15.1. The molecule has 258 valence electrons. The molecular formula is C38H56N4O5. The van der Waals surface area contributed by atoms with Crippen molar-refractivity contribution >= 4 is 17.8 Å². The number of rotatable bonds is 24. The monoisotopic (exact) mass is 648 g/mol. The second-order valence-electron chi connectivity index (χ2n) is 11.6. The molecule has 1 atom stereocenters. The highest BCUT2D eigenvalue weighted by Gasteiger charge is 2.20. The number of unbranched alkanes of at least 4 members (excludes halogenated alkanes) is 2. The van der Waals surface area contributed by atoms with Crippen LogP contribution in [0.5, 0.6) is 0 Å². The van der Waals surface area contributed by atoms with Gasteiger partial charge in [0.15, 0.2) is 0 Å².